The second-order valence-corrected chi connectivity index (χ2v) is 8.67. The van der Waals surface area contributed by atoms with Gasteiger partial charge in [0.25, 0.3) is 5.91 Å². The molecule has 140 valence electrons. The average Bonchev–Trinajstić information content (AvgIpc) is 3.24. The number of anilines is 1. The van der Waals surface area contributed by atoms with E-state index in [9.17, 15) is 13.2 Å². The van der Waals surface area contributed by atoms with Crippen molar-refractivity contribution in [3.05, 3.63) is 59.4 Å². The van der Waals surface area contributed by atoms with E-state index in [1.54, 1.807) is 18.2 Å². The first-order valence-electron chi connectivity index (χ1n) is 8.69. The van der Waals surface area contributed by atoms with Crippen molar-refractivity contribution < 1.29 is 13.2 Å². The Kier molecular flexibility index (Phi) is 4.15. The molecule has 1 amide bonds. The molecule has 1 atom stereocenters. The highest BCUT2D eigenvalue weighted by atomic mass is 32.2. The summed E-state index contributed by atoms with van der Waals surface area (Å²) in [6.07, 6.45) is 1.79. The standard InChI is InChI=1S/C19H20N4O3S/c1-12(18-21-15-5-3-4-6-16(15)22-18)20-19(24)14-7-8-17-13(11-14)9-10-23(17)27(2,25)26/h3-8,11-12H,9-10H2,1-2H3,(H,20,24)(H,21,22)/t12-/m0/s1. The predicted molar refractivity (Wildman–Crippen MR) is 104 cm³/mol. The Morgan fingerprint density at radius 2 is 2.04 bits per heavy atom. The number of aromatic nitrogens is 2. The molecule has 0 bridgehead atoms. The molecule has 2 N–H and O–H groups in total. The largest absolute Gasteiger partial charge is 0.342 e. The average molecular weight is 384 g/mol. The number of imidazole rings is 1. The highest BCUT2D eigenvalue weighted by Gasteiger charge is 2.27. The molecule has 0 fully saturated rings. The Balaban J connectivity index is 1.53. The first-order valence-corrected chi connectivity index (χ1v) is 10.5. The van der Waals surface area contributed by atoms with Crippen molar-refractivity contribution in [3.63, 3.8) is 0 Å². The molecule has 7 nitrogen and oxygen atoms in total. The molecular formula is C19H20N4O3S. The molecule has 0 radical (unpaired) electrons. The zero-order valence-corrected chi connectivity index (χ0v) is 15.9. The van der Waals surface area contributed by atoms with Crippen LogP contribution in [0.5, 0.6) is 0 Å². The van der Waals surface area contributed by atoms with Gasteiger partial charge in [-0.15, -0.1) is 0 Å². The smallest absolute Gasteiger partial charge is 0.251 e. The third kappa shape index (κ3) is 3.28. The minimum Gasteiger partial charge on any atom is -0.342 e. The van der Waals surface area contributed by atoms with Gasteiger partial charge in [-0.2, -0.15) is 0 Å². The van der Waals surface area contributed by atoms with Crippen LogP contribution in [-0.4, -0.2) is 37.1 Å². The third-order valence-electron chi connectivity index (χ3n) is 4.76. The molecule has 3 aromatic rings. The normalized spacial score (nSPS) is 15.0. The summed E-state index contributed by atoms with van der Waals surface area (Å²) in [5, 5.41) is 2.94. The van der Waals surface area contributed by atoms with Gasteiger partial charge >= 0.3 is 0 Å². The first kappa shape index (κ1) is 17.5. The van der Waals surface area contributed by atoms with E-state index in [1.807, 2.05) is 31.2 Å². The van der Waals surface area contributed by atoms with Gasteiger partial charge in [0.1, 0.15) is 5.82 Å². The molecule has 0 saturated heterocycles. The van der Waals surface area contributed by atoms with Crippen molar-refractivity contribution >= 4 is 32.7 Å². The highest BCUT2D eigenvalue weighted by molar-refractivity contribution is 7.92. The molecule has 1 aromatic heterocycles. The van der Waals surface area contributed by atoms with Crippen LogP contribution in [0.3, 0.4) is 0 Å². The number of carbonyl (C=O) groups excluding carboxylic acids is 1. The molecule has 2 heterocycles. The van der Waals surface area contributed by atoms with Crippen LogP contribution in [-0.2, 0) is 16.4 Å². The summed E-state index contributed by atoms with van der Waals surface area (Å²) in [6, 6.07) is 12.5. The van der Waals surface area contributed by atoms with Crippen molar-refractivity contribution in [2.24, 2.45) is 0 Å². The van der Waals surface area contributed by atoms with Crippen molar-refractivity contribution in [3.8, 4) is 0 Å². The Bertz CT molecular complexity index is 1100. The molecule has 8 heteroatoms. The quantitative estimate of drug-likeness (QED) is 0.722. The second kappa shape index (κ2) is 6.38. The topological polar surface area (TPSA) is 95.2 Å². The lowest BCUT2D eigenvalue weighted by atomic mass is 10.1. The molecule has 0 aliphatic carbocycles. The third-order valence-corrected chi connectivity index (χ3v) is 5.94. The fraction of sp³-hybridized carbons (Fsp3) is 0.263. The van der Waals surface area contributed by atoms with E-state index < -0.39 is 10.0 Å². The van der Waals surface area contributed by atoms with E-state index in [2.05, 4.69) is 15.3 Å². The van der Waals surface area contributed by atoms with Crippen LogP contribution in [0.15, 0.2) is 42.5 Å². The molecule has 1 aliphatic heterocycles. The monoisotopic (exact) mass is 384 g/mol. The lowest BCUT2D eigenvalue weighted by molar-refractivity contribution is 0.0938. The number of hydrogen-bond donors (Lipinski definition) is 2. The maximum absolute atomic E-state index is 12.6. The van der Waals surface area contributed by atoms with E-state index in [0.29, 0.717) is 30.0 Å². The number of H-pyrrole nitrogens is 1. The Hall–Kier alpha value is -2.87. The number of para-hydroxylation sites is 2. The van der Waals surface area contributed by atoms with Crippen LogP contribution in [0, 0.1) is 0 Å². The Morgan fingerprint density at radius 3 is 2.78 bits per heavy atom. The highest BCUT2D eigenvalue weighted by Crippen LogP contribution is 2.30. The molecule has 0 spiro atoms. The van der Waals surface area contributed by atoms with Crippen LogP contribution >= 0.6 is 0 Å². The number of sulfonamides is 1. The summed E-state index contributed by atoms with van der Waals surface area (Å²) < 4.78 is 25.0. The summed E-state index contributed by atoms with van der Waals surface area (Å²) in [6.45, 7) is 2.28. The number of aromatic amines is 1. The lowest BCUT2D eigenvalue weighted by Crippen LogP contribution is -2.28. The summed E-state index contributed by atoms with van der Waals surface area (Å²) in [4.78, 5) is 20.4. The van der Waals surface area contributed by atoms with Crippen LogP contribution in [0.1, 0.15) is 34.7 Å². The molecule has 27 heavy (non-hydrogen) atoms. The van der Waals surface area contributed by atoms with E-state index in [-0.39, 0.29) is 11.9 Å². The van der Waals surface area contributed by atoms with Gasteiger partial charge in [-0.1, -0.05) is 12.1 Å². The number of rotatable bonds is 4. The molecule has 0 saturated carbocycles. The first-order chi connectivity index (χ1) is 12.8. The summed E-state index contributed by atoms with van der Waals surface area (Å²) in [7, 11) is -3.30. The van der Waals surface area contributed by atoms with E-state index in [1.165, 1.54) is 10.6 Å². The van der Waals surface area contributed by atoms with Gasteiger partial charge in [-0.05, 0) is 49.2 Å². The van der Waals surface area contributed by atoms with Crippen LogP contribution < -0.4 is 9.62 Å². The van der Waals surface area contributed by atoms with E-state index >= 15 is 0 Å². The van der Waals surface area contributed by atoms with E-state index in [4.69, 9.17) is 0 Å². The number of hydrogen-bond acceptors (Lipinski definition) is 4. The number of carbonyl (C=O) groups is 1. The van der Waals surface area contributed by atoms with E-state index in [0.717, 1.165) is 16.6 Å². The zero-order valence-electron chi connectivity index (χ0n) is 15.1. The Labute approximate surface area is 157 Å². The predicted octanol–water partition coefficient (Wildman–Crippen LogP) is 2.38. The van der Waals surface area contributed by atoms with Crippen molar-refractivity contribution in [2.45, 2.75) is 19.4 Å². The number of benzene rings is 2. The van der Waals surface area contributed by atoms with Crippen LogP contribution in [0.25, 0.3) is 11.0 Å². The maximum atomic E-state index is 12.6. The molecular weight excluding hydrogens is 364 g/mol. The van der Waals surface area contributed by atoms with Gasteiger partial charge < -0.3 is 10.3 Å². The fourth-order valence-corrected chi connectivity index (χ4v) is 4.34. The van der Waals surface area contributed by atoms with Crippen molar-refractivity contribution in [2.75, 3.05) is 17.1 Å². The van der Waals surface area contributed by atoms with Crippen LogP contribution in [0.2, 0.25) is 0 Å². The summed E-state index contributed by atoms with van der Waals surface area (Å²) >= 11 is 0. The van der Waals surface area contributed by atoms with Gasteiger partial charge in [0, 0.05) is 12.1 Å². The van der Waals surface area contributed by atoms with Gasteiger partial charge in [0.15, 0.2) is 0 Å². The van der Waals surface area contributed by atoms with Crippen molar-refractivity contribution in [1.29, 1.82) is 0 Å². The number of nitrogens with zero attached hydrogens (tertiary/aromatic N) is 2. The number of amides is 1. The van der Waals surface area contributed by atoms with Gasteiger partial charge in [0.05, 0.1) is 29.0 Å². The Morgan fingerprint density at radius 1 is 1.26 bits per heavy atom. The SMILES string of the molecule is C[C@H](NC(=O)c1ccc2c(c1)CCN2S(C)(=O)=O)c1nc2ccccc2[nH]1. The van der Waals surface area contributed by atoms with Crippen molar-refractivity contribution in [1.82, 2.24) is 15.3 Å². The lowest BCUT2D eigenvalue weighted by Gasteiger charge is -2.17. The summed E-state index contributed by atoms with van der Waals surface area (Å²) in [5.74, 6) is 0.470. The number of nitrogens with one attached hydrogen (secondary N) is 2. The van der Waals surface area contributed by atoms with Gasteiger partial charge in [-0.3, -0.25) is 9.10 Å². The zero-order chi connectivity index (χ0) is 19.2. The second-order valence-electron chi connectivity index (χ2n) is 6.76. The summed E-state index contributed by atoms with van der Waals surface area (Å²) in [5.41, 5.74) is 3.80. The molecule has 1 aliphatic rings. The molecule has 4 rings (SSSR count). The molecule has 0 unspecified atom stereocenters. The molecule has 2 aromatic carbocycles. The van der Waals surface area contributed by atoms with Crippen LogP contribution in [0.4, 0.5) is 5.69 Å². The van der Waals surface area contributed by atoms with Gasteiger partial charge in [-0.25, -0.2) is 13.4 Å². The van der Waals surface area contributed by atoms with Gasteiger partial charge in [0.2, 0.25) is 10.0 Å². The minimum atomic E-state index is -3.30. The maximum Gasteiger partial charge on any atom is 0.251 e. The number of fused-ring (bicyclic) bond motifs is 2. The minimum absolute atomic E-state index is 0.219. The fourth-order valence-electron chi connectivity index (χ4n) is 3.38.